The Balaban J connectivity index is 3.05. The van der Waals surface area contributed by atoms with E-state index in [4.69, 9.17) is 5.73 Å². The Hall–Kier alpha value is -1.49. The summed E-state index contributed by atoms with van der Waals surface area (Å²) < 4.78 is 27.2. The summed E-state index contributed by atoms with van der Waals surface area (Å²) in [6.45, 7) is 5.02. The van der Waals surface area contributed by atoms with Gasteiger partial charge in [-0.05, 0) is 25.6 Å². The van der Waals surface area contributed by atoms with Crippen molar-refractivity contribution in [1.82, 2.24) is 0 Å². The number of hydrogen-bond acceptors (Lipinski definition) is 4. The highest BCUT2D eigenvalue weighted by atomic mass is 32.2. The molecule has 5 heteroatoms. The summed E-state index contributed by atoms with van der Waals surface area (Å²) >= 11 is 0. The largest absolute Gasteiger partial charge is 0.369 e. The Morgan fingerprint density at radius 3 is 2.29 bits per heavy atom. The maximum absolute atomic E-state index is 11.4. The van der Waals surface area contributed by atoms with Crippen LogP contribution < -0.4 is 5.73 Å². The number of benzene rings is 1. The van der Waals surface area contributed by atoms with Crippen molar-refractivity contribution in [3.63, 3.8) is 0 Å². The topological polar surface area (TPSA) is 69.4 Å². The minimum Gasteiger partial charge on any atom is -0.369 e. The van der Waals surface area contributed by atoms with Crippen LogP contribution in [-0.2, 0) is 14.3 Å². The summed E-state index contributed by atoms with van der Waals surface area (Å²) in [5.41, 5.74) is 6.02. The molecule has 14 heavy (non-hydrogen) atoms. The third kappa shape index (κ3) is 2.50. The van der Waals surface area contributed by atoms with Crippen LogP contribution in [0.3, 0.4) is 0 Å². The fraction of sp³-hybridized carbons (Fsp3) is 0.111. The molecule has 0 bridgehead atoms. The molecule has 0 saturated carbocycles. The Morgan fingerprint density at radius 1 is 1.36 bits per heavy atom. The van der Waals surface area contributed by atoms with Crippen molar-refractivity contribution in [3.05, 3.63) is 42.3 Å². The Bertz CT molecular complexity index is 434. The van der Waals surface area contributed by atoms with Crippen LogP contribution in [0.4, 0.5) is 0 Å². The van der Waals surface area contributed by atoms with Gasteiger partial charge in [0.05, 0.1) is 0 Å². The van der Waals surface area contributed by atoms with Crippen molar-refractivity contribution in [1.29, 1.82) is 0 Å². The molecule has 0 aromatic heterocycles. The minimum absolute atomic E-state index is 0.0645. The predicted octanol–water partition coefficient (Wildman–Crippen LogP) is 1.13. The molecule has 0 radical (unpaired) electrons. The molecular formula is C9H11NO3S. The molecule has 0 atom stereocenters. The Labute approximate surface area is 83.1 Å². The molecule has 0 saturated heterocycles. The van der Waals surface area contributed by atoms with Gasteiger partial charge in [0.2, 0.25) is 0 Å². The molecule has 2 N–H and O–H groups in total. The van der Waals surface area contributed by atoms with Gasteiger partial charge in [0.15, 0.2) is 5.88 Å². The molecule has 0 amide bonds. The molecule has 76 valence electrons. The van der Waals surface area contributed by atoms with Crippen LogP contribution in [0.1, 0.15) is 5.56 Å². The van der Waals surface area contributed by atoms with Gasteiger partial charge in [0.1, 0.15) is 4.90 Å². The Kier molecular flexibility index (Phi) is 2.81. The molecule has 0 unspecified atom stereocenters. The second-order valence-corrected chi connectivity index (χ2v) is 4.36. The first-order valence-electron chi connectivity index (χ1n) is 3.87. The van der Waals surface area contributed by atoms with Gasteiger partial charge in [-0.15, -0.1) is 0 Å². The summed E-state index contributed by atoms with van der Waals surface area (Å²) in [6.07, 6.45) is 0. The maximum Gasteiger partial charge on any atom is 0.340 e. The smallest absolute Gasteiger partial charge is 0.340 e. The standard InChI is InChI=1S/C9H11NO3S/c1-7-3-5-9(6-4-7)14(11,12)13-8(2)10/h3-6H,2,10H2,1H3. The van der Waals surface area contributed by atoms with Crippen LogP contribution in [0.15, 0.2) is 41.6 Å². The third-order valence-corrected chi connectivity index (χ3v) is 2.81. The van der Waals surface area contributed by atoms with E-state index in [1.165, 1.54) is 12.1 Å². The van der Waals surface area contributed by atoms with Crippen LogP contribution in [-0.4, -0.2) is 8.42 Å². The first-order chi connectivity index (χ1) is 6.42. The zero-order valence-electron chi connectivity index (χ0n) is 7.73. The van der Waals surface area contributed by atoms with Gasteiger partial charge in [0, 0.05) is 0 Å². The van der Waals surface area contributed by atoms with E-state index in [0.29, 0.717) is 0 Å². The number of nitrogens with two attached hydrogens (primary N) is 1. The lowest BCUT2D eigenvalue weighted by Crippen LogP contribution is -2.10. The molecule has 0 heterocycles. The van der Waals surface area contributed by atoms with E-state index in [1.54, 1.807) is 12.1 Å². The van der Waals surface area contributed by atoms with E-state index in [9.17, 15) is 8.42 Å². The lowest BCUT2D eigenvalue weighted by atomic mass is 10.2. The summed E-state index contributed by atoms with van der Waals surface area (Å²) in [4.78, 5) is 0.0645. The van der Waals surface area contributed by atoms with Gasteiger partial charge in [-0.25, -0.2) is 0 Å². The van der Waals surface area contributed by atoms with E-state index in [1.807, 2.05) is 6.92 Å². The lowest BCUT2D eigenvalue weighted by molar-refractivity contribution is 0.404. The maximum atomic E-state index is 11.4. The fourth-order valence-corrected chi connectivity index (χ4v) is 1.74. The zero-order chi connectivity index (χ0) is 10.8. The van der Waals surface area contributed by atoms with Crippen molar-refractivity contribution in [2.75, 3.05) is 0 Å². The van der Waals surface area contributed by atoms with Gasteiger partial charge < -0.3 is 9.92 Å². The van der Waals surface area contributed by atoms with E-state index in [-0.39, 0.29) is 10.8 Å². The van der Waals surface area contributed by atoms with Crippen molar-refractivity contribution in [2.45, 2.75) is 11.8 Å². The molecule has 0 spiro atoms. The average Bonchev–Trinajstić information content (AvgIpc) is 2.02. The quantitative estimate of drug-likeness (QED) is 0.603. The van der Waals surface area contributed by atoms with Crippen LogP contribution in [0, 0.1) is 6.92 Å². The monoisotopic (exact) mass is 213 g/mol. The molecule has 1 rings (SSSR count). The highest BCUT2D eigenvalue weighted by Gasteiger charge is 2.15. The van der Waals surface area contributed by atoms with Crippen LogP contribution >= 0.6 is 0 Å². The summed E-state index contributed by atoms with van der Waals surface area (Å²) in [6, 6.07) is 6.26. The van der Waals surface area contributed by atoms with Crippen LogP contribution in [0.2, 0.25) is 0 Å². The average molecular weight is 213 g/mol. The molecule has 4 nitrogen and oxygen atoms in total. The number of rotatable bonds is 3. The lowest BCUT2D eigenvalue weighted by Gasteiger charge is -2.05. The molecule has 0 aliphatic carbocycles. The van der Waals surface area contributed by atoms with E-state index in [0.717, 1.165) is 5.56 Å². The molecule has 0 aliphatic rings. The molecule has 0 aliphatic heterocycles. The SMILES string of the molecule is C=C(N)OS(=O)(=O)c1ccc(C)cc1. The van der Waals surface area contributed by atoms with Crippen LogP contribution in [0.25, 0.3) is 0 Å². The second kappa shape index (κ2) is 3.71. The highest BCUT2D eigenvalue weighted by molar-refractivity contribution is 7.86. The highest BCUT2D eigenvalue weighted by Crippen LogP contribution is 2.14. The first kappa shape index (κ1) is 10.6. The van der Waals surface area contributed by atoms with Crippen molar-refractivity contribution in [3.8, 4) is 0 Å². The number of hydrogen-bond donors (Lipinski definition) is 1. The molecule has 1 aromatic rings. The predicted molar refractivity (Wildman–Crippen MR) is 52.8 cm³/mol. The van der Waals surface area contributed by atoms with E-state index in [2.05, 4.69) is 10.8 Å². The first-order valence-corrected chi connectivity index (χ1v) is 5.28. The van der Waals surface area contributed by atoms with Gasteiger partial charge in [-0.1, -0.05) is 17.7 Å². The summed E-state index contributed by atoms with van der Waals surface area (Å²) in [7, 11) is -3.80. The molecule has 1 aromatic carbocycles. The molecule has 0 fully saturated rings. The van der Waals surface area contributed by atoms with Gasteiger partial charge in [-0.2, -0.15) is 8.42 Å². The van der Waals surface area contributed by atoms with Crippen molar-refractivity contribution >= 4 is 10.1 Å². The molecular weight excluding hydrogens is 202 g/mol. The van der Waals surface area contributed by atoms with E-state index >= 15 is 0 Å². The zero-order valence-corrected chi connectivity index (χ0v) is 8.54. The minimum atomic E-state index is -3.80. The fourth-order valence-electron chi connectivity index (χ4n) is 0.894. The van der Waals surface area contributed by atoms with Crippen molar-refractivity contribution < 1.29 is 12.6 Å². The normalized spacial score (nSPS) is 10.9. The van der Waals surface area contributed by atoms with Gasteiger partial charge in [0.25, 0.3) is 0 Å². The van der Waals surface area contributed by atoms with Crippen LogP contribution in [0.5, 0.6) is 0 Å². The van der Waals surface area contributed by atoms with Gasteiger partial charge >= 0.3 is 10.1 Å². The number of aryl methyl sites for hydroxylation is 1. The second-order valence-electron chi connectivity index (χ2n) is 2.82. The van der Waals surface area contributed by atoms with Crippen molar-refractivity contribution in [2.24, 2.45) is 5.73 Å². The Morgan fingerprint density at radius 2 is 1.86 bits per heavy atom. The summed E-state index contributed by atoms with van der Waals surface area (Å²) in [5.74, 6) is -0.342. The van der Waals surface area contributed by atoms with Gasteiger partial charge in [-0.3, -0.25) is 0 Å². The van der Waals surface area contributed by atoms with E-state index < -0.39 is 10.1 Å². The summed E-state index contributed by atoms with van der Waals surface area (Å²) in [5, 5.41) is 0. The third-order valence-electron chi connectivity index (χ3n) is 1.53.